The number of hydrogen-bond donors (Lipinski definition) is 3. The van der Waals surface area contributed by atoms with Crippen molar-refractivity contribution in [1.29, 1.82) is 0 Å². The van der Waals surface area contributed by atoms with E-state index in [1.54, 1.807) is 30.3 Å². The first kappa shape index (κ1) is 17.6. The molecule has 24 heavy (non-hydrogen) atoms. The summed E-state index contributed by atoms with van der Waals surface area (Å²) >= 11 is 6.03. The van der Waals surface area contributed by atoms with Gasteiger partial charge < -0.3 is 15.4 Å². The van der Waals surface area contributed by atoms with E-state index in [0.717, 1.165) is 11.1 Å². The van der Waals surface area contributed by atoms with Crippen molar-refractivity contribution in [2.75, 3.05) is 12.4 Å². The van der Waals surface area contributed by atoms with Gasteiger partial charge in [0.1, 0.15) is 0 Å². The molecule has 0 spiro atoms. The molecule has 0 radical (unpaired) electrons. The fourth-order valence-electron chi connectivity index (χ4n) is 1.94. The first-order valence-corrected chi connectivity index (χ1v) is 7.65. The van der Waals surface area contributed by atoms with Gasteiger partial charge in [0.15, 0.2) is 0 Å². The number of benzene rings is 2. The van der Waals surface area contributed by atoms with Crippen LogP contribution in [-0.4, -0.2) is 19.2 Å². The Kier molecular flexibility index (Phi) is 6.45. The standard InChI is InChI=1S/C17H18ClN3O3/c1-24-17(23)21-14-8-6-12(7-9-14)10-19-16(22)20-11-13-4-2-3-5-15(13)18/h2-9H,10-11H2,1H3,(H,21,23)(H2,19,20,22). The van der Waals surface area contributed by atoms with Crippen molar-refractivity contribution >= 4 is 29.4 Å². The molecule has 0 aliphatic heterocycles. The molecule has 0 fully saturated rings. The van der Waals surface area contributed by atoms with E-state index in [2.05, 4.69) is 20.7 Å². The van der Waals surface area contributed by atoms with Crippen LogP contribution in [0.5, 0.6) is 0 Å². The van der Waals surface area contributed by atoms with Gasteiger partial charge in [-0.2, -0.15) is 0 Å². The Morgan fingerprint density at radius 2 is 1.67 bits per heavy atom. The molecule has 2 aromatic rings. The van der Waals surface area contributed by atoms with Gasteiger partial charge in [0.2, 0.25) is 0 Å². The third kappa shape index (κ3) is 5.48. The summed E-state index contributed by atoms with van der Waals surface area (Å²) in [5.74, 6) is 0. The number of methoxy groups -OCH3 is 1. The Hall–Kier alpha value is -2.73. The molecule has 126 valence electrons. The average molecular weight is 348 g/mol. The van der Waals surface area contributed by atoms with E-state index >= 15 is 0 Å². The van der Waals surface area contributed by atoms with Crippen LogP contribution in [0.2, 0.25) is 5.02 Å². The lowest BCUT2D eigenvalue weighted by molar-refractivity contribution is 0.187. The molecule has 3 N–H and O–H groups in total. The molecule has 0 bridgehead atoms. The minimum atomic E-state index is -0.528. The summed E-state index contributed by atoms with van der Waals surface area (Å²) in [5.41, 5.74) is 2.37. The molecule has 2 rings (SSSR count). The summed E-state index contributed by atoms with van der Waals surface area (Å²) in [4.78, 5) is 22.9. The zero-order chi connectivity index (χ0) is 17.4. The maximum atomic E-state index is 11.8. The number of ether oxygens (including phenoxy) is 1. The van der Waals surface area contributed by atoms with Crippen LogP contribution in [0.1, 0.15) is 11.1 Å². The third-order valence-electron chi connectivity index (χ3n) is 3.24. The summed E-state index contributed by atoms with van der Waals surface area (Å²) in [6.07, 6.45) is -0.528. The van der Waals surface area contributed by atoms with Crippen molar-refractivity contribution in [2.45, 2.75) is 13.1 Å². The Balaban J connectivity index is 1.77. The van der Waals surface area contributed by atoms with Crippen LogP contribution in [0.3, 0.4) is 0 Å². The van der Waals surface area contributed by atoms with Crippen LogP contribution in [0, 0.1) is 0 Å². The second-order valence-corrected chi connectivity index (χ2v) is 5.35. The number of halogens is 1. The maximum absolute atomic E-state index is 11.8. The summed E-state index contributed by atoms with van der Waals surface area (Å²) in [6, 6.07) is 14.1. The highest BCUT2D eigenvalue weighted by molar-refractivity contribution is 6.31. The van der Waals surface area contributed by atoms with Crippen LogP contribution in [0.25, 0.3) is 0 Å². The zero-order valence-corrected chi connectivity index (χ0v) is 13.9. The van der Waals surface area contributed by atoms with E-state index in [9.17, 15) is 9.59 Å². The molecule has 0 aliphatic rings. The highest BCUT2D eigenvalue weighted by atomic mass is 35.5. The number of anilines is 1. The number of rotatable bonds is 5. The number of carbonyl (C=O) groups excluding carboxylic acids is 2. The quantitative estimate of drug-likeness (QED) is 0.774. The van der Waals surface area contributed by atoms with Gasteiger partial charge in [-0.1, -0.05) is 41.9 Å². The molecule has 3 amide bonds. The molecular weight excluding hydrogens is 330 g/mol. The fraction of sp³-hybridized carbons (Fsp3) is 0.176. The van der Waals surface area contributed by atoms with Gasteiger partial charge >= 0.3 is 12.1 Å². The molecule has 0 aromatic heterocycles. The summed E-state index contributed by atoms with van der Waals surface area (Å²) in [5, 5.41) is 8.67. The van der Waals surface area contributed by atoms with Crippen LogP contribution in [-0.2, 0) is 17.8 Å². The normalized spacial score (nSPS) is 9.92. The lowest BCUT2D eigenvalue weighted by Crippen LogP contribution is -2.34. The monoisotopic (exact) mass is 347 g/mol. The molecular formula is C17H18ClN3O3. The number of nitrogens with one attached hydrogen (secondary N) is 3. The maximum Gasteiger partial charge on any atom is 0.411 e. The van der Waals surface area contributed by atoms with E-state index in [-0.39, 0.29) is 6.03 Å². The predicted molar refractivity (Wildman–Crippen MR) is 93.0 cm³/mol. The topological polar surface area (TPSA) is 79.5 Å². The van der Waals surface area contributed by atoms with Gasteiger partial charge in [-0.25, -0.2) is 9.59 Å². The average Bonchev–Trinajstić information content (AvgIpc) is 2.60. The van der Waals surface area contributed by atoms with Gasteiger partial charge in [-0.3, -0.25) is 5.32 Å². The van der Waals surface area contributed by atoms with E-state index in [0.29, 0.717) is 23.8 Å². The lowest BCUT2D eigenvalue weighted by atomic mass is 10.2. The SMILES string of the molecule is COC(=O)Nc1ccc(CNC(=O)NCc2ccccc2Cl)cc1. The molecule has 7 heteroatoms. The van der Waals surface area contributed by atoms with Crippen LogP contribution < -0.4 is 16.0 Å². The molecule has 0 saturated carbocycles. The number of carbonyl (C=O) groups is 2. The predicted octanol–water partition coefficient (Wildman–Crippen LogP) is 3.52. The zero-order valence-electron chi connectivity index (χ0n) is 13.1. The van der Waals surface area contributed by atoms with Gasteiger partial charge in [0.05, 0.1) is 7.11 Å². The molecule has 0 atom stereocenters. The largest absolute Gasteiger partial charge is 0.453 e. The first-order chi connectivity index (χ1) is 11.6. The highest BCUT2D eigenvalue weighted by Crippen LogP contribution is 2.14. The second-order valence-electron chi connectivity index (χ2n) is 4.94. The van der Waals surface area contributed by atoms with Crippen molar-refractivity contribution in [1.82, 2.24) is 10.6 Å². The Morgan fingerprint density at radius 1 is 1.00 bits per heavy atom. The number of hydrogen-bond acceptors (Lipinski definition) is 3. The Bertz CT molecular complexity index is 704. The minimum absolute atomic E-state index is 0.285. The van der Waals surface area contributed by atoms with E-state index in [1.165, 1.54) is 7.11 Å². The smallest absolute Gasteiger partial charge is 0.411 e. The Labute approximate surface area is 145 Å². The molecule has 6 nitrogen and oxygen atoms in total. The van der Waals surface area contributed by atoms with E-state index in [1.807, 2.05) is 18.2 Å². The van der Waals surface area contributed by atoms with Crippen LogP contribution in [0.4, 0.5) is 15.3 Å². The van der Waals surface area contributed by atoms with Crippen molar-refractivity contribution in [3.63, 3.8) is 0 Å². The fourth-order valence-corrected chi connectivity index (χ4v) is 2.14. The lowest BCUT2D eigenvalue weighted by Gasteiger charge is -2.09. The van der Waals surface area contributed by atoms with Gasteiger partial charge in [-0.05, 0) is 29.3 Å². The molecule has 2 aromatic carbocycles. The van der Waals surface area contributed by atoms with Crippen molar-refractivity contribution in [3.8, 4) is 0 Å². The highest BCUT2D eigenvalue weighted by Gasteiger charge is 2.04. The summed E-state index contributed by atoms with van der Waals surface area (Å²) in [6.45, 7) is 0.723. The van der Waals surface area contributed by atoms with Crippen LogP contribution in [0.15, 0.2) is 48.5 Å². The number of amides is 3. The molecule has 0 saturated heterocycles. The van der Waals surface area contributed by atoms with Crippen LogP contribution >= 0.6 is 11.6 Å². The first-order valence-electron chi connectivity index (χ1n) is 7.27. The van der Waals surface area contributed by atoms with E-state index < -0.39 is 6.09 Å². The molecule has 0 aliphatic carbocycles. The van der Waals surface area contributed by atoms with Gasteiger partial charge in [0, 0.05) is 23.8 Å². The van der Waals surface area contributed by atoms with Crippen molar-refractivity contribution in [3.05, 3.63) is 64.7 Å². The molecule has 0 heterocycles. The minimum Gasteiger partial charge on any atom is -0.453 e. The molecule has 0 unspecified atom stereocenters. The van der Waals surface area contributed by atoms with Crippen molar-refractivity contribution < 1.29 is 14.3 Å². The summed E-state index contributed by atoms with van der Waals surface area (Å²) in [7, 11) is 1.30. The van der Waals surface area contributed by atoms with Gasteiger partial charge in [-0.15, -0.1) is 0 Å². The van der Waals surface area contributed by atoms with Gasteiger partial charge in [0.25, 0.3) is 0 Å². The third-order valence-corrected chi connectivity index (χ3v) is 3.60. The van der Waals surface area contributed by atoms with Crippen molar-refractivity contribution in [2.24, 2.45) is 0 Å². The Morgan fingerprint density at radius 3 is 2.33 bits per heavy atom. The summed E-state index contributed by atoms with van der Waals surface area (Å²) < 4.78 is 4.51. The number of urea groups is 1. The second kappa shape index (κ2) is 8.79. The van der Waals surface area contributed by atoms with E-state index in [4.69, 9.17) is 11.6 Å².